The van der Waals surface area contributed by atoms with E-state index in [9.17, 15) is 14.4 Å². The summed E-state index contributed by atoms with van der Waals surface area (Å²) < 4.78 is 0. The third kappa shape index (κ3) is 7.30. The largest absolute Gasteiger partial charge is 0.480 e. The number of rotatable bonds is 10. The molecule has 0 aromatic carbocycles. The number of carbonyl (C=O) groups is 3. The number of hydrogen-bond acceptors (Lipinski definition) is 6. The number of aliphatic hydroxyl groups excluding tert-OH is 1. The minimum absolute atomic E-state index is 0.127. The number of aliphatic carboxylic acids is 1. The van der Waals surface area contributed by atoms with Gasteiger partial charge in [0.1, 0.15) is 12.1 Å². The maximum Gasteiger partial charge on any atom is 0.328 e. The molecule has 0 aliphatic rings. The van der Waals surface area contributed by atoms with Crippen molar-refractivity contribution in [2.24, 2.45) is 5.73 Å². The molecule has 122 valence electrons. The predicted molar refractivity (Wildman–Crippen MR) is 79.9 cm³/mol. The number of nitrogens with two attached hydrogens (primary N) is 1. The van der Waals surface area contributed by atoms with Crippen molar-refractivity contribution in [1.29, 1.82) is 0 Å². The first-order chi connectivity index (χ1) is 9.87. The molecule has 9 heteroatoms. The summed E-state index contributed by atoms with van der Waals surface area (Å²) >= 11 is 3.90. The molecule has 6 N–H and O–H groups in total. The van der Waals surface area contributed by atoms with Gasteiger partial charge in [0, 0.05) is 5.75 Å². The molecule has 0 aromatic rings. The molecule has 0 rings (SSSR count). The van der Waals surface area contributed by atoms with Crippen molar-refractivity contribution >= 4 is 30.4 Å². The smallest absolute Gasteiger partial charge is 0.328 e. The van der Waals surface area contributed by atoms with E-state index in [0.717, 1.165) is 6.42 Å². The van der Waals surface area contributed by atoms with Gasteiger partial charge in [0.15, 0.2) is 0 Å². The van der Waals surface area contributed by atoms with Crippen molar-refractivity contribution < 1.29 is 24.6 Å². The van der Waals surface area contributed by atoms with Crippen LogP contribution >= 0.6 is 12.6 Å². The van der Waals surface area contributed by atoms with Gasteiger partial charge >= 0.3 is 5.97 Å². The molecule has 0 saturated heterocycles. The molecule has 0 spiro atoms. The van der Waals surface area contributed by atoms with E-state index in [2.05, 4.69) is 23.3 Å². The van der Waals surface area contributed by atoms with Crippen molar-refractivity contribution in [3.63, 3.8) is 0 Å². The van der Waals surface area contributed by atoms with Crippen LogP contribution in [0.1, 0.15) is 26.2 Å². The van der Waals surface area contributed by atoms with Crippen LogP contribution in [0.4, 0.5) is 0 Å². The Labute approximate surface area is 128 Å². The van der Waals surface area contributed by atoms with Crippen molar-refractivity contribution in [2.75, 3.05) is 12.4 Å². The Morgan fingerprint density at radius 3 is 2.19 bits per heavy atom. The van der Waals surface area contributed by atoms with Gasteiger partial charge in [-0.25, -0.2) is 4.79 Å². The molecule has 21 heavy (non-hydrogen) atoms. The fourth-order valence-electron chi connectivity index (χ4n) is 1.50. The Kier molecular flexibility index (Phi) is 9.76. The van der Waals surface area contributed by atoms with Crippen molar-refractivity contribution in [3.05, 3.63) is 0 Å². The van der Waals surface area contributed by atoms with Crippen LogP contribution in [0.15, 0.2) is 0 Å². The highest BCUT2D eigenvalue weighted by molar-refractivity contribution is 7.80. The maximum absolute atomic E-state index is 12.0. The van der Waals surface area contributed by atoms with Gasteiger partial charge in [0.2, 0.25) is 11.8 Å². The Morgan fingerprint density at radius 1 is 1.19 bits per heavy atom. The highest BCUT2D eigenvalue weighted by Gasteiger charge is 2.26. The zero-order valence-electron chi connectivity index (χ0n) is 11.9. The van der Waals surface area contributed by atoms with E-state index >= 15 is 0 Å². The van der Waals surface area contributed by atoms with Crippen molar-refractivity contribution in [3.8, 4) is 0 Å². The van der Waals surface area contributed by atoms with Crippen molar-refractivity contribution in [1.82, 2.24) is 10.6 Å². The summed E-state index contributed by atoms with van der Waals surface area (Å²) in [5, 5.41) is 22.3. The number of aliphatic hydroxyl groups is 1. The van der Waals surface area contributed by atoms with Crippen LogP contribution < -0.4 is 16.4 Å². The Morgan fingerprint density at radius 2 is 1.76 bits per heavy atom. The summed E-state index contributed by atoms with van der Waals surface area (Å²) in [7, 11) is 0. The third-order valence-electron chi connectivity index (χ3n) is 2.81. The number of hydrogen-bond donors (Lipinski definition) is 6. The van der Waals surface area contributed by atoms with E-state index in [-0.39, 0.29) is 5.75 Å². The quantitative estimate of drug-likeness (QED) is 0.270. The molecule has 0 unspecified atom stereocenters. The summed E-state index contributed by atoms with van der Waals surface area (Å²) in [6.45, 7) is 1.19. The number of carboxylic acid groups (broad SMARTS) is 1. The van der Waals surface area contributed by atoms with Gasteiger partial charge in [0.25, 0.3) is 0 Å². The SMILES string of the molecule is CCCC[C@H](NC(=O)[C@@H](N)CS)C(=O)N[C@@H](CO)C(=O)O. The molecule has 8 nitrogen and oxygen atoms in total. The molecule has 2 amide bonds. The predicted octanol–water partition coefficient (Wildman–Crippen LogP) is -1.52. The lowest BCUT2D eigenvalue weighted by Crippen LogP contribution is -2.55. The van der Waals surface area contributed by atoms with Gasteiger partial charge in [0.05, 0.1) is 12.6 Å². The number of thiol groups is 1. The molecule has 0 aliphatic carbocycles. The lowest BCUT2D eigenvalue weighted by atomic mass is 10.1. The summed E-state index contributed by atoms with van der Waals surface area (Å²) in [6, 6.07) is -3.15. The summed E-state index contributed by atoms with van der Waals surface area (Å²) in [6.07, 6.45) is 1.83. The number of carbonyl (C=O) groups excluding carboxylic acids is 2. The molecule has 0 bridgehead atoms. The lowest BCUT2D eigenvalue weighted by Gasteiger charge is -2.21. The van der Waals surface area contributed by atoms with E-state index in [1.807, 2.05) is 6.92 Å². The summed E-state index contributed by atoms with van der Waals surface area (Å²) in [5.74, 6) is -2.41. The van der Waals surface area contributed by atoms with Crippen LogP contribution in [0.5, 0.6) is 0 Å². The van der Waals surface area contributed by atoms with E-state index in [4.69, 9.17) is 15.9 Å². The standard InChI is InChI=1S/C12H23N3O5S/c1-2-3-4-8(14-10(17)7(13)6-21)11(18)15-9(5-16)12(19)20/h7-9,16,21H,2-6,13H2,1H3,(H,14,17)(H,15,18)(H,19,20)/t7-,8-,9-/m0/s1. The zero-order chi connectivity index (χ0) is 16.4. The molecule has 0 radical (unpaired) electrons. The Hall–Kier alpha value is -1.32. The lowest BCUT2D eigenvalue weighted by molar-refractivity contribution is -0.143. The second-order valence-corrected chi connectivity index (χ2v) is 4.94. The average Bonchev–Trinajstić information content (AvgIpc) is 2.46. The first kappa shape index (κ1) is 19.7. The zero-order valence-corrected chi connectivity index (χ0v) is 12.8. The maximum atomic E-state index is 12.0. The Bertz CT molecular complexity index is 367. The number of amides is 2. The highest BCUT2D eigenvalue weighted by atomic mass is 32.1. The van der Waals surface area contributed by atoms with E-state index < -0.39 is 42.5 Å². The second-order valence-electron chi connectivity index (χ2n) is 4.57. The molecule has 3 atom stereocenters. The van der Waals surface area contributed by atoms with Gasteiger partial charge in [-0.15, -0.1) is 0 Å². The summed E-state index contributed by atoms with van der Waals surface area (Å²) in [4.78, 5) is 34.5. The van der Waals surface area contributed by atoms with Crippen LogP contribution in [-0.2, 0) is 14.4 Å². The van der Waals surface area contributed by atoms with Gasteiger partial charge in [-0.2, -0.15) is 12.6 Å². The number of unbranched alkanes of at least 4 members (excludes halogenated alkanes) is 1. The normalized spacial score (nSPS) is 14.9. The van der Waals surface area contributed by atoms with Gasteiger partial charge < -0.3 is 26.6 Å². The van der Waals surface area contributed by atoms with Crippen LogP contribution in [0.3, 0.4) is 0 Å². The highest BCUT2D eigenvalue weighted by Crippen LogP contribution is 2.02. The first-order valence-corrected chi connectivity index (χ1v) is 7.31. The number of nitrogens with one attached hydrogen (secondary N) is 2. The van der Waals surface area contributed by atoms with E-state index in [1.165, 1.54) is 0 Å². The van der Waals surface area contributed by atoms with Crippen LogP contribution in [0.2, 0.25) is 0 Å². The fourth-order valence-corrected chi connectivity index (χ4v) is 1.66. The van der Waals surface area contributed by atoms with E-state index in [1.54, 1.807) is 0 Å². The van der Waals surface area contributed by atoms with Crippen molar-refractivity contribution in [2.45, 2.75) is 44.3 Å². The van der Waals surface area contributed by atoms with Crippen LogP contribution in [-0.4, -0.2) is 58.5 Å². The van der Waals surface area contributed by atoms with Crippen LogP contribution in [0, 0.1) is 0 Å². The molecule has 0 heterocycles. The molecule has 0 aliphatic heterocycles. The minimum Gasteiger partial charge on any atom is -0.480 e. The Balaban J connectivity index is 4.76. The average molecular weight is 321 g/mol. The second kappa shape index (κ2) is 10.4. The van der Waals surface area contributed by atoms with Gasteiger partial charge in [-0.1, -0.05) is 19.8 Å². The monoisotopic (exact) mass is 321 g/mol. The third-order valence-corrected chi connectivity index (χ3v) is 3.20. The molecular formula is C12H23N3O5S. The van der Waals surface area contributed by atoms with Gasteiger partial charge in [-0.3, -0.25) is 9.59 Å². The minimum atomic E-state index is -1.41. The topological polar surface area (TPSA) is 142 Å². The van der Waals surface area contributed by atoms with Gasteiger partial charge in [-0.05, 0) is 6.42 Å². The summed E-state index contributed by atoms with van der Waals surface area (Å²) in [5.41, 5.74) is 5.51. The van der Waals surface area contributed by atoms with E-state index in [0.29, 0.717) is 12.8 Å². The first-order valence-electron chi connectivity index (χ1n) is 6.68. The number of carboxylic acids is 1. The fraction of sp³-hybridized carbons (Fsp3) is 0.750. The molecule has 0 fully saturated rings. The molecule has 0 aromatic heterocycles. The molecule has 0 saturated carbocycles. The molecular weight excluding hydrogens is 298 g/mol. The van der Waals surface area contributed by atoms with Crippen LogP contribution in [0.25, 0.3) is 0 Å².